The van der Waals surface area contributed by atoms with Crippen LogP contribution in [0, 0.1) is 5.92 Å². The Balaban J connectivity index is 1.96. The number of aliphatic hydroxyl groups is 1. The van der Waals surface area contributed by atoms with Crippen molar-refractivity contribution in [2.45, 2.75) is 26.9 Å². The first kappa shape index (κ1) is 14.2. The predicted octanol–water partition coefficient (Wildman–Crippen LogP) is 1.31. The van der Waals surface area contributed by atoms with Crippen LogP contribution in [-0.2, 0) is 0 Å². The largest absolute Gasteiger partial charge is 0.385 e. The fourth-order valence-electron chi connectivity index (χ4n) is 2.42. The van der Waals surface area contributed by atoms with E-state index in [1.165, 1.54) is 0 Å². The van der Waals surface area contributed by atoms with Gasteiger partial charge in [-0.3, -0.25) is 4.90 Å². The first-order chi connectivity index (χ1) is 9.06. The van der Waals surface area contributed by atoms with Crippen LogP contribution in [0.25, 0.3) is 0 Å². The highest BCUT2D eigenvalue weighted by atomic mass is 16.3. The van der Waals surface area contributed by atoms with Crippen LogP contribution in [0.15, 0.2) is 12.3 Å². The van der Waals surface area contributed by atoms with Gasteiger partial charge in [-0.25, -0.2) is 9.97 Å². The second kappa shape index (κ2) is 6.30. The minimum atomic E-state index is -0.609. The zero-order chi connectivity index (χ0) is 13.8. The molecule has 1 aliphatic heterocycles. The van der Waals surface area contributed by atoms with Gasteiger partial charge < -0.3 is 10.0 Å². The third-order valence-electron chi connectivity index (χ3n) is 3.35. The molecule has 1 saturated heterocycles. The van der Waals surface area contributed by atoms with Gasteiger partial charge in [-0.2, -0.15) is 0 Å². The number of aromatic nitrogens is 2. The summed E-state index contributed by atoms with van der Waals surface area (Å²) in [6.07, 6.45) is 1.12. The molecule has 1 aliphatic rings. The first-order valence-corrected chi connectivity index (χ1v) is 7.04. The van der Waals surface area contributed by atoms with Gasteiger partial charge in [-0.15, -0.1) is 0 Å². The van der Waals surface area contributed by atoms with Gasteiger partial charge in [0.2, 0.25) is 0 Å². The average Bonchev–Trinajstić information content (AvgIpc) is 2.39. The lowest BCUT2D eigenvalue weighted by atomic mass is 10.2. The van der Waals surface area contributed by atoms with E-state index in [-0.39, 0.29) is 0 Å². The van der Waals surface area contributed by atoms with E-state index in [2.05, 4.69) is 33.6 Å². The topological polar surface area (TPSA) is 52.5 Å². The summed E-state index contributed by atoms with van der Waals surface area (Å²) in [6.45, 7) is 11.5. The van der Waals surface area contributed by atoms with Gasteiger partial charge in [0.1, 0.15) is 11.9 Å². The quantitative estimate of drug-likeness (QED) is 0.888. The van der Waals surface area contributed by atoms with Crippen LogP contribution in [0.5, 0.6) is 0 Å². The SMILES string of the molecule is CC(C)CN1CCN(c2ccnc(C(C)O)n2)CC1. The number of piperazine rings is 1. The van der Waals surface area contributed by atoms with Crippen molar-refractivity contribution < 1.29 is 5.11 Å². The molecule has 0 saturated carbocycles. The third kappa shape index (κ3) is 3.88. The maximum absolute atomic E-state index is 9.54. The highest BCUT2D eigenvalue weighted by Crippen LogP contribution is 2.16. The molecular formula is C14H24N4O. The van der Waals surface area contributed by atoms with Crippen LogP contribution in [-0.4, -0.2) is 52.7 Å². The smallest absolute Gasteiger partial charge is 0.158 e. The molecule has 0 amide bonds. The van der Waals surface area contributed by atoms with Crippen LogP contribution in [0.1, 0.15) is 32.7 Å². The molecule has 2 rings (SSSR count). The maximum atomic E-state index is 9.54. The summed E-state index contributed by atoms with van der Waals surface area (Å²) in [6, 6.07) is 1.92. The van der Waals surface area contributed by atoms with Gasteiger partial charge in [0.15, 0.2) is 5.82 Å². The molecule has 0 radical (unpaired) electrons. The van der Waals surface area contributed by atoms with Gasteiger partial charge in [-0.05, 0) is 18.9 Å². The van der Waals surface area contributed by atoms with Crippen molar-refractivity contribution in [1.82, 2.24) is 14.9 Å². The Kier molecular flexibility index (Phi) is 4.71. The van der Waals surface area contributed by atoms with Crippen molar-refractivity contribution in [2.75, 3.05) is 37.6 Å². The number of anilines is 1. The summed E-state index contributed by atoms with van der Waals surface area (Å²) < 4.78 is 0. The average molecular weight is 264 g/mol. The molecule has 19 heavy (non-hydrogen) atoms. The second-order valence-corrected chi connectivity index (χ2v) is 5.63. The van der Waals surface area contributed by atoms with Crippen molar-refractivity contribution in [1.29, 1.82) is 0 Å². The van der Waals surface area contributed by atoms with Crippen molar-refractivity contribution in [3.8, 4) is 0 Å². The van der Waals surface area contributed by atoms with E-state index in [0.717, 1.165) is 38.5 Å². The Hall–Kier alpha value is -1.20. The molecule has 1 fully saturated rings. The van der Waals surface area contributed by atoms with Crippen LogP contribution in [0.4, 0.5) is 5.82 Å². The normalized spacial score (nSPS) is 18.9. The molecule has 0 bridgehead atoms. The minimum Gasteiger partial charge on any atom is -0.385 e. The molecule has 5 heteroatoms. The minimum absolute atomic E-state index is 0.502. The van der Waals surface area contributed by atoms with Crippen molar-refractivity contribution in [3.63, 3.8) is 0 Å². The number of nitrogens with zero attached hydrogens (tertiary/aromatic N) is 4. The molecule has 1 unspecified atom stereocenters. The van der Waals surface area contributed by atoms with Crippen molar-refractivity contribution in [2.24, 2.45) is 5.92 Å². The molecule has 0 spiro atoms. The lowest BCUT2D eigenvalue weighted by molar-refractivity contribution is 0.188. The Morgan fingerprint density at radius 2 is 1.89 bits per heavy atom. The van der Waals surface area contributed by atoms with Gasteiger partial charge in [0, 0.05) is 38.9 Å². The number of hydrogen-bond acceptors (Lipinski definition) is 5. The molecule has 0 aliphatic carbocycles. The van der Waals surface area contributed by atoms with E-state index in [9.17, 15) is 5.11 Å². The van der Waals surface area contributed by atoms with Gasteiger partial charge >= 0.3 is 0 Å². The van der Waals surface area contributed by atoms with E-state index in [0.29, 0.717) is 11.7 Å². The molecule has 5 nitrogen and oxygen atoms in total. The summed E-state index contributed by atoms with van der Waals surface area (Å²) in [7, 11) is 0. The van der Waals surface area contributed by atoms with Crippen molar-refractivity contribution >= 4 is 5.82 Å². The fourth-order valence-corrected chi connectivity index (χ4v) is 2.42. The number of aliphatic hydroxyl groups excluding tert-OH is 1. The van der Waals surface area contributed by atoms with Gasteiger partial charge in [0.25, 0.3) is 0 Å². The van der Waals surface area contributed by atoms with Crippen LogP contribution in [0.2, 0.25) is 0 Å². The molecule has 1 atom stereocenters. The van der Waals surface area contributed by atoms with E-state index in [4.69, 9.17) is 0 Å². The Morgan fingerprint density at radius 1 is 1.21 bits per heavy atom. The molecule has 1 aromatic rings. The molecular weight excluding hydrogens is 240 g/mol. The monoisotopic (exact) mass is 264 g/mol. The lowest BCUT2D eigenvalue weighted by Crippen LogP contribution is -2.47. The molecule has 0 aromatic carbocycles. The maximum Gasteiger partial charge on any atom is 0.158 e. The summed E-state index contributed by atoms with van der Waals surface area (Å²) in [4.78, 5) is 13.3. The summed E-state index contributed by atoms with van der Waals surface area (Å²) >= 11 is 0. The molecule has 106 valence electrons. The van der Waals surface area contributed by atoms with E-state index in [1.807, 2.05) is 6.07 Å². The fraction of sp³-hybridized carbons (Fsp3) is 0.714. The molecule has 1 aromatic heterocycles. The first-order valence-electron chi connectivity index (χ1n) is 7.04. The molecule has 2 heterocycles. The Morgan fingerprint density at radius 3 is 2.47 bits per heavy atom. The van der Waals surface area contributed by atoms with Crippen LogP contribution in [0.3, 0.4) is 0 Å². The zero-order valence-corrected chi connectivity index (χ0v) is 12.1. The second-order valence-electron chi connectivity index (χ2n) is 5.63. The predicted molar refractivity (Wildman–Crippen MR) is 76.2 cm³/mol. The van der Waals surface area contributed by atoms with Crippen LogP contribution >= 0.6 is 0 Å². The summed E-state index contributed by atoms with van der Waals surface area (Å²) in [5.74, 6) is 2.14. The Labute approximate surface area is 115 Å². The van der Waals surface area contributed by atoms with E-state index < -0.39 is 6.10 Å². The number of rotatable bonds is 4. The van der Waals surface area contributed by atoms with E-state index in [1.54, 1.807) is 13.1 Å². The number of hydrogen-bond donors (Lipinski definition) is 1. The van der Waals surface area contributed by atoms with Gasteiger partial charge in [0.05, 0.1) is 0 Å². The summed E-state index contributed by atoms with van der Waals surface area (Å²) in [5.41, 5.74) is 0. The highest BCUT2D eigenvalue weighted by Gasteiger charge is 2.19. The standard InChI is InChI=1S/C14H24N4O/c1-11(2)10-17-6-8-18(9-7-17)13-4-5-15-14(16-13)12(3)19/h4-5,11-12,19H,6-10H2,1-3H3. The molecule has 1 N–H and O–H groups in total. The van der Waals surface area contributed by atoms with Crippen LogP contribution < -0.4 is 4.90 Å². The van der Waals surface area contributed by atoms with E-state index >= 15 is 0 Å². The third-order valence-corrected chi connectivity index (χ3v) is 3.35. The van der Waals surface area contributed by atoms with Gasteiger partial charge in [-0.1, -0.05) is 13.8 Å². The van der Waals surface area contributed by atoms with Crippen molar-refractivity contribution in [3.05, 3.63) is 18.1 Å². The summed E-state index contributed by atoms with van der Waals surface area (Å²) in [5, 5.41) is 9.54. The Bertz CT molecular complexity index is 400. The zero-order valence-electron chi connectivity index (χ0n) is 12.1. The lowest BCUT2D eigenvalue weighted by Gasteiger charge is -2.36. The highest BCUT2D eigenvalue weighted by molar-refractivity contribution is 5.38.